The highest BCUT2D eigenvalue weighted by atomic mass is 16.6. The zero-order chi connectivity index (χ0) is 18.0. The Morgan fingerprint density at radius 1 is 1.29 bits per heavy atom. The standard InChI is InChI=1S/C18H25NO5/c1-17(2,3)24-15(21)18(4)12-19(10-14(18)20)16(22)23-11-13-8-6-5-7-9-13/h5-9,14,20H,10-12H2,1-4H3/t14-,18?/m0/s1. The van der Waals surface area contributed by atoms with Gasteiger partial charge in [0.25, 0.3) is 0 Å². The van der Waals surface area contributed by atoms with Gasteiger partial charge in [-0.3, -0.25) is 4.79 Å². The van der Waals surface area contributed by atoms with E-state index in [0.717, 1.165) is 5.56 Å². The molecule has 0 radical (unpaired) electrons. The molecule has 132 valence electrons. The largest absolute Gasteiger partial charge is 0.459 e. The predicted molar refractivity (Wildman–Crippen MR) is 88.2 cm³/mol. The van der Waals surface area contributed by atoms with Gasteiger partial charge in [0, 0.05) is 6.54 Å². The van der Waals surface area contributed by atoms with Crippen LogP contribution in [0.2, 0.25) is 0 Å². The summed E-state index contributed by atoms with van der Waals surface area (Å²) in [4.78, 5) is 25.9. The lowest BCUT2D eigenvalue weighted by molar-refractivity contribution is -0.170. The van der Waals surface area contributed by atoms with E-state index >= 15 is 0 Å². The molecule has 6 heteroatoms. The van der Waals surface area contributed by atoms with Gasteiger partial charge in [0.2, 0.25) is 0 Å². The van der Waals surface area contributed by atoms with Crippen molar-refractivity contribution in [2.75, 3.05) is 13.1 Å². The summed E-state index contributed by atoms with van der Waals surface area (Å²) in [5.41, 5.74) is -0.930. The number of aliphatic hydroxyl groups excluding tert-OH is 1. The van der Waals surface area contributed by atoms with Crippen LogP contribution in [0.4, 0.5) is 4.79 Å². The summed E-state index contributed by atoms with van der Waals surface area (Å²) in [7, 11) is 0. The van der Waals surface area contributed by atoms with Crippen LogP contribution in [0.25, 0.3) is 0 Å². The number of aliphatic hydroxyl groups is 1. The van der Waals surface area contributed by atoms with Gasteiger partial charge < -0.3 is 19.5 Å². The molecular formula is C18H25NO5. The fourth-order valence-electron chi connectivity index (χ4n) is 2.52. The molecule has 1 fully saturated rings. The third kappa shape index (κ3) is 4.26. The average Bonchev–Trinajstić information content (AvgIpc) is 2.81. The molecule has 1 aromatic carbocycles. The Labute approximate surface area is 142 Å². The summed E-state index contributed by atoms with van der Waals surface area (Å²) in [5, 5.41) is 10.3. The number of esters is 1. The van der Waals surface area contributed by atoms with Crippen LogP contribution in [0.5, 0.6) is 0 Å². The van der Waals surface area contributed by atoms with Gasteiger partial charge in [0.15, 0.2) is 0 Å². The number of carbonyl (C=O) groups excluding carboxylic acids is 2. The fraction of sp³-hybridized carbons (Fsp3) is 0.556. The van der Waals surface area contributed by atoms with Crippen LogP contribution in [0.15, 0.2) is 30.3 Å². The monoisotopic (exact) mass is 335 g/mol. The number of ether oxygens (including phenoxy) is 2. The smallest absolute Gasteiger partial charge is 0.410 e. The van der Waals surface area contributed by atoms with Crippen molar-refractivity contribution in [2.24, 2.45) is 5.41 Å². The normalized spacial score (nSPS) is 23.9. The SMILES string of the molecule is CC(C)(C)OC(=O)C1(C)CN(C(=O)OCc2ccccc2)C[C@@H]1O. The molecule has 2 rings (SSSR count). The second-order valence-corrected chi connectivity index (χ2v) is 7.36. The van der Waals surface area contributed by atoms with Gasteiger partial charge in [0.1, 0.15) is 17.6 Å². The Balaban J connectivity index is 1.96. The molecule has 0 bridgehead atoms. The van der Waals surface area contributed by atoms with Crippen LogP contribution in [-0.4, -0.2) is 46.9 Å². The first kappa shape index (κ1) is 18.3. The van der Waals surface area contributed by atoms with Crippen molar-refractivity contribution in [2.45, 2.75) is 46.0 Å². The quantitative estimate of drug-likeness (QED) is 0.858. The number of benzene rings is 1. The van der Waals surface area contributed by atoms with Crippen molar-refractivity contribution < 1.29 is 24.2 Å². The molecule has 0 aliphatic carbocycles. The molecule has 0 spiro atoms. The zero-order valence-electron chi connectivity index (χ0n) is 14.6. The lowest BCUT2D eigenvalue weighted by atomic mass is 9.87. The summed E-state index contributed by atoms with van der Waals surface area (Å²) in [5.74, 6) is -0.513. The maximum absolute atomic E-state index is 12.4. The topological polar surface area (TPSA) is 76.1 Å². The molecule has 0 aromatic heterocycles. The van der Waals surface area contributed by atoms with Crippen molar-refractivity contribution in [1.29, 1.82) is 0 Å². The summed E-state index contributed by atoms with van der Waals surface area (Å²) < 4.78 is 10.6. The van der Waals surface area contributed by atoms with E-state index in [1.807, 2.05) is 30.3 Å². The van der Waals surface area contributed by atoms with Gasteiger partial charge in [-0.05, 0) is 33.3 Å². The number of likely N-dealkylation sites (tertiary alicyclic amines) is 1. The van der Waals surface area contributed by atoms with E-state index < -0.39 is 29.2 Å². The van der Waals surface area contributed by atoms with Gasteiger partial charge in [-0.15, -0.1) is 0 Å². The molecule has 6 nitrogen and oxygen atoms in total. The number of β-amino-alcohol motifs (C(OH)–C–C–N with tert-alkyl or cyclic N) is 1. The molecule has 0 saturated carbocycles. The third-order valence-corrected chi connectivity index (χ3v) is 3.98. The van der Waals surface area contributed by atoms with Crippen LogP contribution in [0.3, 0.4) is 0 Å². The van der Waals surface area contributed by atoms with Crippen molar-refractivity contribution >= 4 is 12.1 Å². The summed E-state index contributed by atoms with van der Waals surface area (Å²) in [6.45, 7) is 7.16. The fourth-order valence-corrected chi connectivity index (χ4v) is 2.52. The highest BCUT2D eigenvalue weighted by Crippen LogP contribution is 2.33. The molecule has 1 saturated heterocycles. The molecule has 2 atom stereocenters. The predicted octanol–water partition coefficient (Wildman–Crippen LogP) is 2.35. The number of hydrogen-bond donors (Lipinski definition) is 1. The van der Waals surface area contributed by atoms with E-state index in [0.29, 0.717) is 0 Å². The minimum absolute atomic E-state index is 0.0450. The Kier molecular flexibility index (Phi) is 5.18. The molecule has 1 unspecified atom stereocenters. The maximum atomic E-state index is 12.4. The number of amides is 1. The van der Waals surface area contributed by atoms with Crippen molar-refractivity contribution in [1.82, 2.24) is 4.90 Å². The average molecular weight is 335 g/mol. The van der Waals surface area contributed by atoms with Gasteiger partial charge in [-0.2, -0.15) is 0 Å². The molecule has 1 N–H and O–H groups in total. The van der Waals surface area contributed by atoms with Gasteiger partial charge in [0.05, 0.1) is 12.6 Å². The second-order valence-electron chi connectivity index (χ2n) is 7.36. The minimum Gasteiger partial charge on any atom is -0.459 e. The van der Waals surface area contributed by atoms with E-state index in [4.69, 9.17) is 9.47 Å². The number of carbonyl (C=O) groups is 2. The number of hydrogen-bond acceptors (Lipinski definition) is 5. The van der Waals surface area contributed by atoms with Crippen LogP contribution in [0.1, 0.15) is 33.3 Å². The minimum atomic E-state index is -1.15. The van der Waals surface area contributed by atoms with Crippen LogP contribution < -0.4 is 0 Å². The highest BCUT2D eigenvalue weighted by Gasteiger charge is 2.51. The van der Waals surface area contributed by atoms with E-state index in [9.17, 15) is 14.7 Å². The first-order valence-corrected chi connectivity index (χ1v) is 7.99. The first-order chi connectivity index (χ1) is 11.1. The lowest BCUT2D eigenvalue weighted by Gasteiger charge is -2.29. The Bertz CT molecular complexity index is 595. The Morgan fingerprint density at radius 3 is 2.50 bits per heavy atom. The maximum Gasteiger partial charge on any atom is 0.410 e. The second kappa shape index (κ2) is 6.81. The molecule has 1 amide bonds. The van der Waals surface area contributed by atoms with E-state index in [1.165, 1.54) is 4.90 Å². The number of nitrogens with zero attached hydrogens (tertiary/aromatic N) is 1. The van der Waals surface area contributed by atoms with Gasteiger partial charge in [-0.25, -0.2) is 4.79 Å². The Morgan fingerprint density at radius 2 is 1.92 bits per heavy atom. The molecule has 1 heterocycles. The molecule has 1 aromatic rings. The van der Waals surface area contributed by atoms with Crippen LogP contribution >= 0.6 is 0 Å². The van der Waals surface area contributed by atoms with Crippen molar-refractivity contribution in [3.63, 3.8) is 0 Å². The lowest BCUT2D eigenvalue weighted by Crippen LogP contribution is -2.43. The number of rotatable bonds is 3. The molecule has 1 aliphatic heterocycles. The molecular weight excluding hydrogens is 310 g/mol. The van der Waals surface area contributed by atoms with Crippen molar-refractivity contribution in [3.05, 3.63) is 35.9 Å². The third-order valence-electron chi connectivity index (χ3n) is 3.98. The van der Waals surface area contributed by atoms with Crippen molar-refractivity contribution in [3.8, 4) is 0 Å². The zero-order valence-corrected chi connectivity index (χ0v) is 14.6. The van der Waals surface area contributed by atoms with Gasteiger partial charge >= 0.3 is 12.1 Å². The molecule has 1 aliphatic rings. The summed E-state index contributed by atoms with van der Waals surface area (Å²) in [6, 6.07) is 9.33. The van der Waals surface area contributed by atoms with Gasteiger partial charge in [-0.1, -0.05) is 30.3 Å². The Hall–Kier alpha value is -2.08. The van der Waals surface area contributed by atoms with E-state index in [1.54, 1.807) is 27.7 Å². The van der Waals surface area contributed by atoms with E-state index in [2.05, 4.69) is 0 Å². The summed E-state index contributed by atoms with van der Waals surface area (Å²) in [6.07, 6.45) is -1.54. The molecule has 24 heavy (non-hydrogen) atoms. The van der Waals surface area contributed by atoms with Crippen LogP contribution in [-0.2, 0) is 20.9 Å². The first-order valence-electron chi connectivity index (χ1n) is 7.99. The summed E-state index contributed by atoms with van der Waals surface area (Å²) >= 11 is 0. The van der Waals surface area contributed by atoms with E-state index in [-0.39, 0.29) is 19.7 Å². The van der Waals surface area contributed by atoms with Crippen LogP contribution in [0, 0.1) is 5.41 Å². The highest BCUT2D eigenvalue weighted by molar-refractivity contribution is 5.80.